The third kappa shape index (κ3) is 3.64. The number of amides is 1. The standard InChI is InChI=1S/C19H17F3N4O2S/c1-11-4-6-12(7-5-11)16-15-17(29-24-16)23-10-25(18(15)28)9-14(27)26-8-2-3-13(26)19(20,21)22/h4-7,10,13H,2-3,8-9H2,1H3. The molecule has 0 bridgehead atoms. The number of nitrogens with zero attached hydrogens (tertiary/aromatic N) is 4. The van der Waals surface area contributed by atoms with Gasteiger partial charge in [0.1, 0.15) is 18.0 Å². The van der Waals surface area contributed by atoms with Crippen LogP contribution in [0.15, 0.2) is 35.4 Å². The predicted molar refractivity (Wildman–Crippen MR) is 103 cm³/mol. The van der Waals surface area contributed by atoms with E-state index < -0.39 is 30.2 Å². The zero-order valence-corrected chi connectivity index (χ0v) is 16.3. The Morgan fingerprint density at radius 1 is 1.28 bits per heavy atom. The van der Waals surface area contributed by atoms with Crippen molar-refractivity contribution < 1.29 is 18.0 Å². The summed E-state index contributed by atoms with van der Waals surface area (Å²) >= 11 is 1.07. The van der Waals surface area contributed by atoms with Crippen molar-refractivity contribution >= 4 is 27.7 Å². The highest BCUT2D eigenvalue weighted by Crippen LogP contribution is 2.33. The minimum atomic E-state index is -4.48. The molecule has 2 aromatic heterocycles. The molecule has 1 aromatic carbocycles. The van der Waals surface area contributed by atoms with E-state index in [1.54, 1.807) is 0 Å². The van der Waals surface area contributed by atoms with Gasteiger partial charge < -0.3 is 4.90 Å². The van der Waals surface area contributed by atoms with Crippen LogP contribution in [0.1, 0.15) is 18.4 Å². The van der Waals surface area contributed by atoms with Crippen molar-refractivity contribution in [2.24, 2.45) is 0 Å². The van der Waals surface area contributed by atoms with Gasteiger partial charge in [-0.05, 0) is 31.3 Å². The average Bonchev–Trinajstić information content (AvgIpc) is 3.32. The minimum Gasteiger partial charge on any atom is -0.329 e. The van der Waals surface area contributed by atoms with Crippen molar-refractivity contribution in [3.8, 4) is 11.3 Å². The number of fused-ring (bicyclic) bond motifs is 1. The van der Waals surface area contributed by atoms with Crippen LogP contribution in [0, 0.1) is 6.92 Å². The molecular formula is C19H17F3N4O2S. The summed E-state index contributed by atoms with van der Waals surface area (Å²) in [6.07, 6.45) is -3.12. The van der Waals surface area contributed by atoms with Crippen LogP contribution in [0.3, 0.4) is 0 Å². The van der Waals surface area contributed by atoms with Crippen LogP contribution < -0.4 is 5.56 Å². The summed E-state index contributed by atoms with van der Waals surface area (Å²) in [4.78, 5) is 30.9. The zero-order valence-electron chi connectivity index (χ0n) is 15.4. The van der Waals surface area contributed by atoms with Crippen molar-refractivity contribution in [1.82, 2.24) is 18.8 Å². The summed E-state index contributed by atoms with van der Waals surface area (Å²) < 4.78 is 44.8. The van der Waals surface area contributed by atoms with Crippen molar-refractivity contribution in [2.45, 2.75) is 38.5 Å². The summed E-state index contributed by atoms with van der Waals surface area (Å²) in [5, 5.41) is 0.267. The maximum Gasteiger partial charge on any atom is 0.408 e. The average molecular weight is 422 g/mol. The molecule has 1 aliphatic heterocycles. The van der Waals surface area contributed by atoms with Crippen LogP contribution >= 0.6 is 11.5 Å². The number of carbonyl (C=O) groups excluding carboxylic acids is 1. The van der Waals surface area contributed by atoms with Crippen LogP contribution in [-0.2, 0) is 11.3 Å². The van der Waals surface area contributed by atoms with Gasteiger partial charge in [-0.2, -0.15) is 17.5 Å². The molecular weight excluding hydrogens is 405 g/mol. The minimum absolute atomic E-state index is 0.0298. The summed E-state index contributed by atoms with van der Waals surface area (Å²) in [5.41, 5.74) is 1.76. The maximum atomic E-state index is 13.1. The zero-order chi connectivity index (χ0) is 20.8. The van der Waals surface area contributed by atoms with E-state index in [0.717, 1.165) is 32.1 Å². The Bertz CT molecular complexity index is 1120. The Hall–Kier alpha value is -2.75. The molecule has 6 nitrogen and oxygen atoms in total. The number of benzene rings is 1. The number of aromatic nitrogens is 3. The van der Waals surface area contributed by atoms with Crippen molar-refractivity contribution in [3.05, 3.63) is 46.5 Å². The van der Waals surface area contributed by atoms with Gasteiger partial charge in [-0.25, -0.2) is 4.98 Å². The molecule has 3 heterocycles. The number of alkyl halides is 3. The second-order valence-electron chi connectivity index (χ2n) is 7.04. The summed E-state index contributed by atoms with van der Waals surface area (Å²) in [6, 6.07) is 5.66. The molecule has 1 atom stereocenters. The van der Waals surface area contributed by atoms with Crippen molar-refractivity contribution in [1.29, 1.82) is 0 Å². The van der Waals surface area contributed by atoms with E-state index in [2.05, 4.69) is 9.36 Å². The van der Waals surface area contributed by atoms with E-state index in [1.807, 2.05) is 31.2 Å². The molecule has 1 saturated heterocycles. The second kappa shape index (κ2) is 7.25. The number of rotatable bonds is 3. The van der Waals surface area contributed by atoms with Gasteiger partial charge in [0.25, 0.3) is 5.56 Å². The third-order valence-corrected chi connectivity index (χ3v) is 5.80. The van der Waals surface area contributed by atoms with Gasteiger partial charge in [-0.15, -0.1) is 0 Å². The molecule has 1 unspecified atom stereocenters. The number of aryl methyl sites for hydroxylation is 1. The first kappa shape index (κ1) is 19.6. The molecule has 0 radical (unpaired) electrons. The van der Waals surface area contributed by atoms with Gasteiger partial charge in [0.15, 0.2) is 4.83 Å². The summed E-state index contributed by atoms with van der Waals surface area (Å²) in [6.45, 7) is 1.48. The van der Waals surface area contributed by atoms with E-state index >= 15 is 0 Å². The normalized spacial score (nSPS) is 17.2. The van der Waals surface area contributed by atoms with E-state index in [9.17, 15) is 22.8 Å². The molecule has 152 valence electrons. The Morgan fingerprint density at radius 3 is 2.69 bits per heavy atom. The van der Waals surface area contributed by atoms with Gasteiger partial charge in [0, 0.05) is 12.1 Å². The maximum absolute atomic E-state index is 13.1. The first-order valence-corrected chi connectivity index (χ1v) is 9.81. The van der Waals surface area contributed by atoms with Crippen molar-refractivity contribution in [3.63, 3.8) is 0 Å². The lowest BCUT2D eigenvalue weighted by Gasteiger charge is -2.26. The second-order valence-corrected chi connectivity index (χ2v) is 7.79. The van der Waals surface area contributed by atoms with Gasteiger partial charge in [-0.1, -0.05) is 29.8 Å². The third-order valence-electron chi connectivity index (χ3n) is 5.04. The smallest absolute Gasteiger partial charge is 0.329 e. The van der Waals surface area contributed by atoms with E-state index in [-0.39, 0.29) is 24.8 Å². The van der Waals surface area contributed by atoms with Gasteiger partial charge in [0.2, 0.25) is 5.91 Å². The quantitative estimate of drug-likeness (QED) is 0.649. The molecule has 0 N–H and O–H groups in total. The highest BCUT2D eigenvalue weighted by Gasteiger charge is 2.47. The van der Waals surface area contributed by atoms with Crippen LogP contribution in [0.5, 0.6) is 0 Å². The fraction of sp³-hybridized carbons (Fsp3) is 0.368. The molecule has 3 aromatic rings. The molecule has 29 heavy (non-hydrogen) atoms. The van der Waals surface area contributed by atoms with Gasteiger partial charge in [-0.3, -0.25) is 14.2 Å². The SMILES string of the molecule is Cc1ccc(-c2nsc3ncn(CC(=O)N4CCCC4C(F)(F)F)c(=O)c23)cc1. The number of carbonyl (C=O) groups is 1. The monoisotopic (exact) mass is 422 g/mol. The Labute approximate surface area is 167 Å². The molecule has 1 amide bonds. The number of hydrogen-bond acceptors (Lipinski definition) is 5. The fourth-order valence-electron chi connectivity index (χ4n) is 3.54. The highest BCUT2D eigenvalue weighted by molar-refractivity contribution is 7.13. The van der Waals surface area contributed by atoms with Crippen LogP contribution in [0.4, 0.5) is 13.2 Å². The van der Waals surface area contributed by atoms with E-state index in [4.69, 9.17) is 0 Å². The molecule has 0 spiro atoms. The predicted octanol–water partition coefficient (Wildman–Crippen LogP) is 3.38. The first-order valence-electron chi connectivity index (χ1n) is 9.04. The van der Waals surface area contributed by atoms with Gasteiger partial charge in [0.05, 0.1) is 12.0 Å². The first-order chi connectivity index (χ1) is 13.8. The summed E-state index contributed by atoms with van der Waals surface area (Å²) in [7, 11) is 0. The number of halogens is 3. The summed E-state index contributed by atoms with van der Waals surface area (Å²) in [5.74, 6) is -0.742. The molecule has 0 aliphatic carbocycles. The van der Waals surface area contributed by atoms with Crippen LogP contribution in [0.25, 0.3) is 21.5 Å². The molecule has 4 rings (SSSR count). The van der Waals surface area contributed by atoms with E-state index in [1.165, 1.54) is 6.33 Å². The lowest BCUT2D eigenvalue weighted by atomic mass is 10.1. The number of likely N-dealkylation sites (tertiary alicyclic amines) is 1. The highest BCUT2D eigenvalue weighted by atomic mass is 32.1. The Kier molecular flexibility index (Phi) is 4.89. The number of hydrogen-bond donors (Lipinski definition) is 0. The Balaban J connectivity index is 1.68. The molecule has 0 saturated carbocycles. The van der Waals surface area contributed by atoms with Gasteiger partial charge >= 0.3 is 6.18 Å². The molecule has 1 aliphatic rings. The lowest BCUT2D eigenvalue weighted by molar-refractivity contribution is -0.183. The van der Waals surface area contributed by atoms with Crippen molar-refractivity contribution in [2.75, 3.05) is 6.54 Å². The molecule has 10 heteroatoms. The van der Waals surface area contributed by atoms with Crippen LogP contribution in [0.2, 0.25) is 0 Å². The lowest BCUT2D eigenvalue weighted by Crippen LogP contribution is -2.46. The van der Waals surface area contributed by atoms with E-state index in [0.29, 0.717) is 10.5 Å². The van der Waals surface area contributed by atoms with Crippen LogP contribution in [-0.4, -0.2) is 43.5 Å². The fourth-order valence-corrected chi connectivity index (χ4v) is 4.29. The molecule has 1 fully saturated rings. The topological polar surface area (TPSA) is 68.1 Å². The largest absolute Gasteiger partial charge is 0.408 e. The Morgan fingerprint density at radius 2 is 2.00 bits per heavy atom.